The van der Waals surface area contributed by atoms with Crippen molar-refractivity contribution < 1.29 is 8.78 Å². The van der Waals surface area contributed by atoms with Gasteiger partial charge in [-0.25, -0.2) is 8.78 Å². The molecule has 0 spiro atoms. The highest BCUT2D eigenvalue weighted by Crippen LogP contribution is 2.45. The molecule has 9 heteroatoms. The lowest BCUT2D eigenvalue weighted by molar-refractivity contribution is 0.584. The van der Waals surface area contributed by atoms with Gasteiger partial charge in [0.15, 0.2) is 0 Å². The average Bonchev–Trinajstić information content (AvgIpc) is 1.65. The average molecular weight is 1160 g/mol. The summed E-state index contributed by atoms with van der Waals surface area (Å²) in [5, 5.41) is 15.1. The summed E-state index contributed by atoms with van der Waals surface area (Å²) in [7, 11) is 0. The zero-order chi connectivity index (χ0) is 60.2. The Bertz CT molecular complexity index is 5150. The molecule has 0 atom stereocenters. The highest BCUT2D eigenvalue weighted by Gasteiger charge is 2.25. The number of hydrogen-bond acceptors (Lipinski definition) is 5. The maximum Gasteiger partial charge on any atom is 0.126 e. The normalized spacial score (nSPS) is 11.4. The molecule has 0 N–H and O–H groups in total. The van der Waals surface area contributed by atoms with Crippen LogP contribution in [0.4, 0.5) is 8.78 Å². The first-order valence-electron chi connectivity index (χ1n) is 29.6. The van der Waals surface area contributed by atoms with Gasteiger partial charge in [0.2, 0.25) is 0 Å². The van der Waals surface area contributed by atoms with Gasteiger partial charge in [0, 0.05) is 102 Å². The standard InChI is InChI=1S/C81H49F2N7/c82-65-37-63(38-66(83)44-65)67-45-81(90-78-35-27-57(61-23-31-74(87-49-61)53-17-9-3-10-18-53)41-70(78)71-42-58(28-36-79(71)90)62-24-32-75(88-50-62)54-19-11-4-12-20-54)80(43-64(67)46-84)89-76-33-25-55(59-21-29-72(85-47-59)51-13-5-1-6-14-51)39-68(76)69-40-56(26-34-77(69)89)60-22-30-73(86-48-60)52-15-7-2-8-16-52/h1-45,47-50H. The lowest BCUT2D eigenvalue weighted by Gasteiger charge is -2.20. The number of benzene rings is 10. The van der Waals surface area contributed by atoms with Crippen LogP contribution in [-0.4, -0.2) is 29.1 Å². The van der Waals surface area contributed by atoms with Crippen LogP contribution in [0.25, 0.3) is 156 Å². The summed E-state index contributed by atoms with van der Waals surface area (Å²) in [5.74, 6) is -1.50. The molecule has 0 fully saturated rings. The van der Waals surface area contributed by atoms with E-state index in [1.54, 1.807) is 0 Å². The van der Waals surface area contributed by atoms with Crippen LogP contribution in [0.2, 0.25) is 0 Å². The van der Waals surface area contributed by atoms with Crippen molar-refractivity contribution in [2.24, 2.45) is 0 Å². The Labute approximate surface area is 517 Å². The van der Waals surface area contributed by atoms with Crippen molar-refractivity contribution in [2.45, 2.75) is 0 Å². The summed E-state index contributed by atoms with van der Waals surface area (Å²) in [6, 6.07) is 92.7. The number of nitriles is 1. The number of pyridine rings is 4. The molecule has 0 aliphatic rings. The number of rotatable bonds is 11. The monoisotopic (exact) mass is 1160 g/mol. The molecule has 6 heterocycles. The summed E-state index contributed by atoms with van der Waals surface area (Å²) in [4.78, 5) is 19.7. The van der Waals surface area contributed by atoms with E-state index in [-0.39, 0.29) is 11.1 Å². The fourth-order valence-electron chi connectivity index (χ4n) is 12.6. The first-order valence-corrected chi connectivity index (χ1v) is 29.6. The summed E-state index contributed by atoms with van der Waals surface area (Å²) >= 11 is 0. The molecular formula is C81H49F2N7. The Morgan fingerprint density at radius 3 is 0.833 bits per heavy atom. The van der Waals surface area contributed by atoms with Crippen molar-refractivity contribution in [1.29, 1.82) is 5.26 Å². The van der Waals surface area contributed by atoms with Gasteiger partial charge < -0.3 is 9.13 Å². The zero-order valence-corrected chi connectivity index (χ0v) is 48.2. The van der Waals surface area contributed by atoms with Gasteiger partial charge in [-0.1, -0.05) is 170 Å². The minimum Gasteiger partial charge on any atom is -0.307 e. The SMILES string of the molecule is N#Cc1cc(-n2c3ccc(-c4ccc(-c5ccccc5)nc4)cc3c3cc(-c4ccc(-c5ccccc5)nc4)ccc32)c(-n2c3ccc(-c4ccc(-c5ccccc5)nc4)cc3c3cc(-c4ccc(-c5ccccc5)nc4)ccc32)cc1-c1cc(F)cc(F)c1. The summed E-state index contributed by atoms with van der Waals surface area (Å²) in [6.07, 6.45) is 7.68. The van der Waals surface area contributed by atoms with E-state index in [4.69, 9.17) is 19.9 Å². The largest absolute Gasteiger partial charge is 0.307 e. The van der Waals surface area contributed by atoms with E-state index in [9.17, 15) is 5.26 Å². The second-order valence-corrected chi connectivity index (χ2v) is 22.4. The number of hydrogen-bond donors (Lipinski definition) is 0. The molecule has 0 saturated carbocycles. The molecule has 422 valence electrons. The molecule has 16 rings (SSSR count). The summed E-state index contributed by atoms with van der Waals surface area (Å²) < 4.78 is 35.5. The zero-order valence-electron chi connectivity index (χ0n) is 48.2. The topological polar surface area (TPSA) is 85.2 Å². The molecule has 10 aromatic carbocycles. The second kappa shape index (κ2) is 22.2. The predicted octanol–water partition coefficient (Wildman–Crippen LogP) is 20.6. The lowest BCUT2D eigenvalue weighted by Crippen LogP contribution is -2.05. The van der Waals surface area contributed by atoms with Crippen molar-refractivity contribution in [3.8, 4) is 118 Å². The van der Waals surface area contributed by atoms with Crippen LogP contribution in [0.1, 0.15) is 5.56 Å². The highest BCUT2D eigenvalue weighted by molar-refractivity contribution is 6.14. The second-order valence-electron chi connectivity index (χ2n) is 22.4. The van der Waals surface area contributed by atoms with Gasteiger partial charge in [-0.3, -0.25) is 19.9 Å². The molecule has 0 amide bonds. The Morgan fingerprint density at radius 2 is 0.556 bits per heavy atom. The van der Waals surface area contributed by atoms with Gasteiger partial charge in [-0.15, -0.1) is 0 Å². The van der Waals surface area contributed by atoms with E-state index in [2.05, 4.69) is 185 Å². The minimum atomic E-state index is -0.752. The highest BCUT2D eigenvalue weighted by atomic mass is 19.1. The van der Waals surface area contributed by atoms with Crippen LogP contribution in [0, 0.1) is 23.0 Å². The van der Waals surface area contributed by atoms with Crippen molar-refractivity contribution in [2.75, 3.05) is 0 Å². The lowest BCUT2D eigenvalue weighted by atomic mass is 9.97. The smallest absolute Gasteiger partial charge is 0.126 e. The molecule has 0 bridgehead atoms. The van der Waals surface area contributed by atoms with E-state index >= 15 is 8.78 Å². The molecule has 0 saturated heterocycles. The van der Waals surface area contributed by atoms with E-state index in [0.29, 0.717) is 16.9 Å². The van der Waals surface area contributed by atoms with Crippen LogP contribution < -0.4 is 0 Å². The Kier molecular flexibility index (Phi) is 13.2. The Hall–Kier alpha value is -12.3. The van der Waals surface area contributed by atoms with E-state index in [1.165, 1.54) is 12.1 Å². The molecule has 0 aliphatic heterocycles. The molecule has 16 aromatic rings. The molecule has 6 aromatic heterocycles. The Balaban J connectivity index is 0.940. The molecular weight excluding hydrogens is 1110 g/mol. The van der Waals surface area contributed by atoms with Crippen molar-refractivity contribution in [1.82, 2.24) is 29.1 Å². The van der Waals surface area contributed by atoms with Gasteiger partial charge in [-0.05, 0) is 125 Å². The van der Waals surface area contributed by atoms with Crippen molar-refractivity contribution >= 4 is 43.6 Å². The van der Waals surface area contributed by atoms with Gasteiger partial charge in [0.1, 0.15) is 11.6 Å². The van der Waals surface area contributed by atoms with Crippen LogP contribution in [-0.2, 0) is 0 Å². The fourth-order valence-corrected chi connectivity index (χ4v) is 12.6. The number of aromatic nitrogens is 6. The fraction of sp³-hybridized carbons (Fsp3) is 0. The molecule has 0 unspecified atom stereocenters. The summed E-state index contributed by atoms with van der Waals surface area (Å²) in [6.45, 7) is 0. The maximum absolute atomic E-state index is 15.5. The van der Waals surface area contributed by atoms with Crippen LogP contribution >= 0.6 is 0 Å². The van der Waals surface area contributed by atoms with Gasteiger partial charge >= 0.3 is 0 Å². The first-order chi connectivity index (χ1) is 44.3. The summed E-state index contributed by atoms with van der Waals surface area (Å²) in [5.41, 5.74) is 20.9. The molecule has 0 aliphatic carbocycles. The maximum atomic E-state index is 15.5. The van der Waals surface area contributed by atoms with Crippen LogP contribution in [0.5, 0.6) is 0 Å². The number of halogens is 2. The Morgan fingerprint density at radius 1 is 0.267 bits per heavy atom. The first kappa shape index (κ1) is 53.2. The predicted molar refractivity (Wildman–Crippen MR) is 360 cm³/mol. The van der Waals surface area contributed by atoms with E-state index in [0.717, 1.165) is 139 Å². The van der Waals surface area contributed by atoms with E-state index in [1.807, 2.05) is 110 Å². The van der Waals surface area contributed by atoms with Crippen molar-refractivity contribution in [3.05, 3.63) is 315 Å². The molecule has 90 heavy (non-hydrogen) atoms. The molecule has 0 radical (unpaired) electrons. The van der Waals surface area contributed by atoms with E-state index < -0.39 is 11.6 Å². The van der Waals surface area contributed by atoms with Crippen LogP contribution in [0.3, 0.4) is 0 Å². The number of fused-ring (bicyclic) bond motifs is 6. The van der Waals surface area contributed by atoms with Crippen molar-refractivity contribution in [3.63, 3.8) is 0 Å². The number of nitrogens with zero attached hydrogens (tertiary/aromatic N) is 7. The third-order valence-corrected chi connectivity index (χ3v) is 17.1. The van der Waals surface area contributed by atoms with Gasteiger partial charge in [-0.2, -0.15) is 5.26 Å². The molecule has 7 nitrogen and oxygen atoms in total. The minimum absolute atomic E-state index is 0.232. The third kappa shape index (κ3) is 9.62. The third-order valence-electron chi connectivity index (χ3n) is 17.1. The van der Waals surface area contributed by atoms with Gasteiger partial charge in [0.05, 0.1) is 67.8 Å². The quantitative estimate of drug-likeness (QED) is 0.129. The van der Waals surface area contributed by atoms with Crippen LogP contribution in [0.15, 0.2) is 298 Å². The van der Waals surface area contributed by atoms with Gasteiger partial charge in [0.25, 0.3) is 0 Å².